The maximum absolute atomic E-state index is 6.04. The predicted molar refractivity (Wildman–Crippen MR) is 89.5 cm³/mol. The number of benzene rings is 2. The van der Waals surface area contributed by atoms with Gasteiger partial charge in [-0.3, -0.25) is 0 Å². The average molecular weight is 330 g/mol. The fourth-order valence-electron chi connectivity index (χ4n) is 2.37. The Morgan fingerprint density at radius 1 is 1.00 bits per heavy atom. The standard InChI is InChI=1S/C17H16ClN3O2/c1-22-14-8-6-13(7-9-14)21-17(16(11-18)19-20-21)12-4-3-5-15(10-12)23-2/h3-10H,11H2,1-2H3. The third-order valence-corrected chi connectivity index (χ3v) is 3.78. The van der Waals surface area contributed by atoms with Crippen LogP contribution in [-0.2, 0) is 5.88 Å². The van der Waals surface area contributed by atoms with Crippen LogP contribution in [0.1, 0.15) is 5.69 Å². The van der Waals surface area contributed by atoms with Gasteiger partial charge in [0.1, 0.15) is 17.2 Å². The first-order valence-electron chi connectivity index (χ1n) is 7.06. The highest BCUT2D eigenvalue weighted by molar-refractivity contribution is 6.17. The Morgan fingerprint density at radius 2 is 1.74 bits per heavy atom. The van der Waals surface area contributed by atoms with Gasteiger partial charge >= 0.3 is 0 Å². The second-order valence-corrected chi connectivity index (χ2v) is 5.13. The summed E-state index contributed by atoms with van der Waals surface area (Å²) < 4.78 is 12.3. The van der Waals surface area contributed by atoms with Crippen LogP contribution in [0.5, 0.6) is 11.5 Å². The lowest BCUT2D eigenvalue weighted by Gasteiger charge is -2.09. The maximum Gasteiger partial charge on any atom is 0.119 e. The summed E-state index contributed by atoms with van der Waals surface area (Å²) in [5, 5.41) is 8.44. The molecule has 0 amide bonds. The van der Waals surface area contributed by atoms with Crippen molar-refractivity contribution in [1.29, 1.82) is 0 Å². The highest BCUT2D eigenvalue weighted by Crippen LogP contribution is 2.29. The average Bonchev–Trinajstić information content (AvgIpc) is 3.06. The fourth-order valence-corrected chi connectivity index (χ4v) is 2.55. The van der Waals surface area contributed by atoms with Gasteiger partial charge in [-0.1, -0.05) is 17.3 Å². The van der Waals surface area contributed by atoms with Crippen LogP contribution in [0.25, 0.3) is 16.9 Å². The Labute approximate surface area is 139 Å². The molecule has 5 nitrogen and oxygen atoms in total. The van der Waals surface area contributed by atoms with Crippen LogP contribution in [0.2, 0.25) is 0 Å². The van der Waals surface area contributed by atoms with Gasteiger partial charge in [-0.2, -0.15) is 0 Å². The highest BCUT2D eigenvalue weighted by Gasteiger charge is 2.16. The molecule has 0 saturated heterocycles. The molecule has 6 heteroatoms. The van der Waals surface area contributed by atoms with Crippen molar-refractivity contribution < 1.29 is 9.47 Å². The van der Waals surface area contributed by atoms with Gasteiger partial charge in [-0.15, -0.1) is 16.7 Å². The third kappa shape index (κ3) is 3.00. The van der Waals surface area contributed by atoms with Crippen molar-refractivity contribution in [2.75, 3.05) is 14.2 Å². The molecule has 0 unspecified atom stereocenters. The molecule has 23 heavy (non-hydrogen) atoms. The van der Waals surface area contributed by atoms with Crippen molar-refractivity contribution in [2.45, 2.75) is 5.88 Å². The first-order chi connectivity index (χ1) is 11.3. The maximum atomic E-state index is 6.04. The Morgan fingerprint density at radius 3 is 2.39 bits per heavy atom. The van der Waals surface area contributed by atoms with Crippen LogP contribution in [0.3, 0.4) is 0 Å². The molecule has 0 saturated carbocycles. The first-order valence-corrected chi connectivity index (χ1v) is 7.59. The Bertz CT molecular complexity index is 800. The van der Waals surface area contributed by atoms with E-state index in [1.807, 2.05) is 48.5 Å². The third-order valence-electron chi connectivity index (χ3n) is 3.53. The number of hydrogen-bond acceptors (Lipinski definition) is 4. The number of aromatic nitrogens is 3. The first kappa shape index (κ1) is 15.4. The number of hydrogen-bond donors (Lipinski definition) is 0. The Balaban J connectivity index is 2.12. The molecule has 0 aliphatic carbocycles. The van der Waals surface area contributed by atoms with Crippen LogP contribution < -0.4 is 9.47 Å². The lowest BCUT2D eigenvalue weighted by Crippen LogP contribution is -2.00. The molecule has 1 aromatic heterocycles. The Hall–Kier alpha value is -2.53. The zero-order chi connectivity index (χ0) is 16.2. The van der Waals surface area contributed by atoms with E-state index in [0.717, 1.165) is 34.1 Å². The summed E-state index contributed by atoms with van der Waals surface area (Å²) in [4.78, 5) is 0. The molecular weight excluding hydrogens is 314 g/mol. The van der Waals surface area contributed by atoms with E-state index < -0.39 is 0 Å². The highest BCUT2D eigenvalue weighted by atomic mass is 35.5. The van der Waals surface area contributed by atoms with Crippen LogP contribution in [-0.4, -0.2) is 29.2 Å². The van der Waals surface area contributed by atoms with E-state index in [1.54, 1.807) is 18.9 Å². The minimum absolute atomic E-state index is 0.280. The lowest BCUT2D eigenvalue weighted by molar-refractivity contribution is 0.414. The molecule has 0 N–H and O–H groups in total. The monoisotopic (exact) mass is 329 g/mol. The normalized spacial score (nSPS) is 10.6. The second-order valence-electron chi connectivity index (χ2n) is 4.86. The van der Waals surface area contributed by atoms with Crippen molar-refractivity contribution in [1.82, 2.24) is 15.0 Å². The van der Waals surface area contributed by atoms with E-state index in [-0.39, 0.29) is 5.88 Å². The fraction of sp³-hybridized carbons (Fsp3) is 0.176. The summed E-state index contributed by atoms with van der Waals surface area (Å²) in [6, 6.07) is 15.4. The molecule has 118 valence electrons. The van der Waals surface area contributed by atoms with Crippen molar-refractivity contribution >= 4 is 11.6 Å². The van der Waals surface area contributed by atoms with Gasteiger partial charge < -0.3 is 9.47 Å². The van der Waals surface area contributed by atoms with Gasteiger partial charge in [-0.25, -0.2) is 4.68 Å². The van der Waals surface area contributed by atoms with E-state index in [0.29, 0.717) is 0 Å². The van der Waals surface area contributed by atoms with Crippen molar-refractivity contribution in [3.8, 4) is 28.4 Å². The van der Waals surface area contributed by atoms with Crippen molar-refractivity contribution in [2.24, 2.45) is 0 Å². The minimum Gasteiger partial charge on any atom is -0.497 e. The van der Waals surface area contributed by atoms with Crippen LogP contribution in [0.4, 0.5) is 0 Å². The van der Waals surface area contributed by atoms with E-state index in [4.69, 9.17) is 21.1 Å². The quantitative estimate of drug-likeness (QED) is 0.670. The van der Waals surface area contributed by atoms with Gasteiger partial charge in [0.05, 0.1) is 31.5 Å². The van der Waals surface area contributed by atoms with E-state index >= 15 is 0 Å². The summed E-state index contributed by atoms with van der Waals surface area (Å²) in [5.74, 6) is 1.84. The molecule has 0 atom stereocenters. The molecule has 0 bridgehead atoms. The second kappa shape index (κ2) is 6.71. The van der Waals surface area contributed by atoms with Crippen LogP contribution in [0, 0.1) is 0 Å². The molecule has 2 aromatic carbocycles. The number of ether oxygens (including phenoxy) is 2. The van der Waals surface area contributed by atoms with E-state index in [1.165, 1.54) is 0 Å². The van der Waals surface area contributed by atoms with Gasteiger partial charge in [0.25, 0.3) is 0 Å². The topological polar surface area (TPSA) is 49.2 Å². The molecule has 0 fully saturated rings. The molecule has 0 spiro atoms. The predicted octanol–water partition coefficient (Wildman–Crippen LogP) is 3.69. The van der Waals surface area contributed by atoms with Gasteiger partial charge in [0.2, 0.25) is 0 Å². The lowest BCUT2D eigenvalue weighted by atomic mass is 10.1. The summed E-state index contributed by atoms with van der Waals surface area (Å²) in [6.07, 6.45) is 0. The van der Waals surface area contributed by atoms with Crippen LogP contribution in [0.15, 0.2) is 48.5 Å². The largest absolute Gasteiger partial charge is 0.497 e. The summed E-state index contributed by atoms with van der Waals surface area (Å²) >= 11 is 6.04. The van der Waals surface area contributed by atoms with E-state index in [2.05, 4.69) is 10.3 Å². The number of alkyl halides is 1. The zero-order valence-corrected chi connectivity index (χ0v) is 13.6. The van der Waals surface area contributed by atoms with Crippen LogP contribution >= 0.6 is 11.6 Å². The summed E-state index contributed by atoms with van der Waals surface area (Å²) in [5.41, 5.74) is 3.40. The van der Waals surface area contributed by atoms with Crippen molar-refractivity contribution in [3.05, 3.63) is 54.2 Å². The van der Waals surface area contributed by atoms with Gasteiger partial charge in [0, 0.05) is 5.56 Å². The van der Waals surface area contributed by atoms with E-state index in [9.17, 15) is 0 Å². The smallest absolute Gasteiger partial charge is 0.119 e. The number of halogens is 1. The van der Waals surface area contributed by atoms with Gasteiger partial charge in [0.15, 0.2) is 0 Å². The molecular formula is C17H16ClN3O2. The number of methoxy groups -OCH3 is 2. The molecule has 3 aromatic rings. The number of nitrogens with zero attached hydrogens (tertiary/aromatic N) is 3. The Kier molecular flexibility index (Phi) is 4.48. The minimum atomic E-state index is 0.280. The number of rotatable bonds is 5. The molecule has 1 heterocycles. The molecule has 0 aliphatic heterocycles. The summed E-state index contributed by atoms with van der Waals surface area (Å²) in [7, 11) is 3.28. The zero-order valence-electron chi connectivity index (χ0n) is 12.9. The van der Waals surface area contributed by atoms with Gasteiger partial charge in [-0.05, 0) is 36.4 Å². The SMILES string of the molecule is COc1ccc(-n2nnc(CCl)c2-c2cccc(OC)c2)cc1. The molecule has 0 aliphatic rings. The molecule has 0 radical (unpaired) electrons. The molecule has 3 rings (SSSR count). The summed E-state index contributed by atoms with van der Waals surface area (Å²) in [6.45, 7) is 0. The van der Waals surface area contributed by atoms with Crippen molar-refractivity contribution in [3.63, 3.8) is 0 Å².